The molecule has 0 aliphatic carbocycles. The molecule has 0 aromatic heterocycles. The number of hydrogen-bond donors (Lipinski definition) is 2. The van der Waals surface area contributed by atoms with Crippen molar-refractivity contribution in [3.63, 3.8) is 0 Å². The lowest BCUT2D eigenvalue weighted by Gasteiger charge is -2.15. The number of hydrogen-bond acceptors (Lipinski definition) is 4. The maximum Gasteiger partial charge on any atom is 0.335 e. The van der Waals surface area contributed by atoms with Crippen LogP contribution >= 0.6 is 0 Å². The number of carbonyl (C=O) groups excluding carboxylic acids is 1. The van der Waals surface area contributed by atoms with Crippen LogP contribution in [-0.4, -0.2) is 24.1 Å². The Morgan fingerprint density at radius 3 is 2.54 bits per heavy atom. The zero-order valence-electron chi connectivity index (χ0n) is 16.2. The quantitative estimate of drug-likeness (QED) is 0.574. The van der Waals surface area contributed by atoms with Gasteiger partial charge in [0.25, 0.3) is 5.91 Å². The Morgan fingerprint density at radius 2 is 1.96 bits per heavy atom. The Hall–Kier alpha value is -3.59. The number of benzene rings is 2. The van der Waals surface area contributed by atoms with Gasteiger partial charge in [0, 0.05) is 5.69 Å². The Labute approximate surface area is 164 Å². The van der Waals surface area contributed by atoms with Crippen LogP contribution < -0.4 is 10.1 Å². The third-order valence-electron chi connectivity index (χ3n) is 4.27. The van der Waals surface area contributed by atoms with Crippen LogP contribution in [0.3, 0.4) is 0 Å². The summed E-state index contributed by atoms with van der Waals surface area (Å²) in [7, 11) is 1.61. The van der Waals surface area contributed by atoms with Crippen LogP contribution in [0.15, 0.2) is 42.0 Å². The van der Waals surface area contributed by atoms with Crippen LogP contribution in [0.2, 0.25) is 0 Å². The fraction of sp³-hybridized carbons (Fsp3) is 0.227. The molecule has 0 fully saturated rings. The molecule has 0 aliphatic rings. The van der Waals surface area contributed by atoms with Crippen molar-refractivity contribution in [3.05, 3.63) is 64.2 Å². The summed E-state index contributed by atoms with van der Waals surface area (Å²) in [5.74, 6) is -0.729. The molecule has 0 saturated carbocycles. The minimum absolute atomic E-state index is 0.0489. The molecule has 28 heavy (non-hydrogen) atoms. The molecule has 0 bridgehead atoms. The Balaban J connectivity index is 2.37. The molecule has 2 N–H and O–H groups in total. The van der Waals surface area contributed by atoms with Crippen molar-refractivity contribution in [3.8, 4) is 11.8 Å². The van der Waals surface area contributed by atoms with Crippen molar-refractivity contribution in [2.45, 2.75) is 26.7 Å². The van der Waals surface area contributed by atoms with Crippen LogP contribution in [0.1, 0.15) is 46.8 Å². The third-order valence-corrected chi connectivity index (χ3v) is 4.27. The summed E-state index contributed by atoms with van der Waals surface area (Å²) in [5.41, 5.74) is 2.87. The van der Waals surface area contributed by atoms with Crippen LogP contribution in [0, 0.1) is 18.3 Å². The first-order valence-electron chi connectivity index (χ1n) is 8.71. The van der Waals surface area contributed by atoms with Crippen molar-refractivity contribution >= 4 is 23.6 Å². The molecule has 0 aliphatic heterocycles. The summed E-state index contributed by atoms with van der Waals surface area (Å²) >= 11 is 0. The molecule has 6 nitrogen and oxygen atoms in total. The standard InChI is InChI=1S/C22H22N2O4/c1-13(2)19-11-16(14(3)8-20(19)28-4)9-17(12-23)21(25)24-18-7-5-6-15(10-18)22(26)27/h5-11,13H,1-4H3,(H,24,25)(H,26,27). The summed E-state index contributed by atoms with van der Waals surface area (Å²) < 4.78 is 5.42. The van der Waals surface area contributed by atoms with E-state index in [9.17, 15) is 14.9 Å². The molecule has 6 heteroatoms. The molecular weight excluding hydrogens is 356 g/mol. The summed E-state index contributed by atoms with van der Waals surface area (Å²) in [6, 6.07) is 11.6. The molecule has 0 spiro atoms. The van der Waals surface area contributed by atoms with Gasteiger partial charge in [0.15, 0.2) is 0 Å². The number of amides is 1. The Kier molecular flexibility index (Phi) is 6.56. The van der Waals surface area contributed by atoms with E-state index in [1.807, 2.05) is 39.0 Å². The number of carboxylic acid groups (broad SMARTS) is 1. The summed E-state index contributed by atoms with van der Waals surface area (Å²) in [6.45, 7) is 5.95. The van der Waals surface area contributed by atoms with Gasteiger partial charge < -0.3 is 15.2 Å². The van der Waals surface area contributed by atoms with Crippen LogP contribution in [0.5, 0.6) is 5.75 Å². The number of ether oxygens (including phenoxy) is 1. The van der Waals surface area contributed by atoms with Gasteiger partial charge >= 0.3 is 5.97 Å². The fourth-order valence-electron chi connectivity index (χ4n) is 2.73. The van der Waals surface area contributed by atoms with E-state index < -0.39 is 11.9 Å². The van der Waals surface area contributed by atoms with Crippen molar-refractivity contribution in [2.24, 2.45) is 0 Å². The molecule has 0 saturated heterocycles. The van der Waals surface area contributed by atoms with Gasteiger partial charge in [-0.15, -0.1) is 0 Å². The summed E-state index contributed by atoms with van der Waals surface area (Å²) in [5, 5.41) is 21.1. The number of carboxylic acids is 1. The molecule has 0 unspecified atom stereocenters. The number of nitrogens with zero attached hydrogens (tertiary/aromatic N) is 1. The first-order chi connectivity index (χ1) is 13.3. The van der Waals surface area contributed by atoms with Crippen molar-refractivity contribution < 1.29 is 19.4 Å². The zero-order chi connectivity index (χ0) is 20.8. The highest BCUT2D eigenvalue weighted by Gasteiger charge is 2.14. The van der Waals surface area contributed by atoms with E-state index in [4.69, 9.17) is 9.84 Å². The summed E-state index contributed by atoms with van der Waals surface area (Å²) in [4.78, 5) is 23.6. The van der Waals surface area contributed by atoms with E-state index in [1.54, 1.807) is 13.2 Å². The molecule has 0 atom stereocenters. The highest BCUT2D eigenvalue weighted by Crippen LogP contribution is 2.30. The van der Waals surface area contributed by atoms with Gasteiger partial charge in [-0.1, -0.05) is 19.9 Å². The second-order valence-electron chi connectivity index (χ2n) is 6.62. The van der Waals surface area contributed by atoms with Gasteiger partial charge in [-0.3, -0.25) is 4.79 Å². The molecule has 2 aromatic rings. The normalized spacial score (nSPS) is 11.1. The van der Waals surface area contributed by atoms with Crippen molar-refractivity contribution in [2.75, 3.05) is 12.4 Å². The highest BCUT2D eigenvalue weighted by molar-refractivity contribution is 6.10. The van der Waals surface area contributed by atoms with Gasteiger partial charge in [0.2, 0.25) is 0 Å². The van der Waals surface area contributed by atoms with E-state index in [-0.39, 0.29) is 17.1 Å². The first kappa shape index (κ1) is 20.7. The minimum atomic E-state index is -1.10. The number of carbonyl (C=O) groups is 2. The largest absolute Gasteiger partial charge is 0.496 e. The average molecular weight is 378 g/mol. The smallest absolute Gasteiger partial charge is 0.335 e. The van der Waals surface area contributed by atoms with Crippen LogP contribution in [0.25, 0.3) is 6.08 Å². The molecule has 2 aromatic carbocycles. The first-order valence-corrected chi connectivity index (χ1v) is 8.71. The number of aromatic carboxylic acids is 1. The second kappa shape index (κ2) is 8.87. The highest BCUT2D eigenvalue weighted by atomic mass is 16.5. The van der Waals surface area contributed by atoms with E-state index in [2.05, 4.69) is 5.32 Å². The predicted molar refractivity (Wildman–Crippen MR) is 107 cm³/mol. The molecule has 0 radical (unpaired) electrons. The van der Waals surface area contributed by atoms with Crippen molar-refractivity contribution in [1.29, 1.82) is 5.26 Å². The second-order valence-corrected chi connectivity index (χ2v) is 6.62. The van der Waals surface area contributed by atoms with Gasteiger partial charge in [0.1, 0.15) is 17.4 Å². The van der Waals surface area contributed by atoms with E-state index in [0.29, 0.717) is 5.69 Å². The molecule has 2 rings (SSSR count). The molecule has 144 valence electrons. The SMILES string of the molecule is COc1cc(C)c(C=C(C#N)C(=O)Nc2cccc(C(=O)O)c2)cc1C(C)C. The van der Waals surface area contributed by atoms with Crippen LogP contribution in [-0.2, 0) is 4.79 Å². The molecule has 1 amide bonds. The topological polar surface area (TPSA) is 99.4 Å². The van der Waals surface area contributed by atoms with E-state index in [0.717, 1.165) is 22.4 Å². The predicted octanol–water partition coefficient (Wildman–Crippen LogP) is 4.37. The lowest BCUT2D eigenvalue weighted by Crippen LogP contribution is -2.14. The maximum atomic E-state index is 12.5. The van der Waals surface area contributed by atoms with Gasteiger partial charge in [0.05, 0.1) is 12.7 Å². The van der Waals surface area contributed by atoms with Gasteiger partial charge in [-0.25, -0.2) is 4.79 Å². The average Bonchev–Trinajstić information content (AvgIpc) is 2.66. The number of nitriles is 1. The number of nitrogens with one attached hydrogen (secondary N) is 1. The number of anilines is 1. The maximum absolute atomic E-state index is 12.5. The minimum Gasteiger partial charge on any atom is -0.496 e. The Morgan fingerprint density at radius 1 is 1.25 bits per heavy atom. The van der Waals surface area contributed by atoms with Gasteiger partial charge in [-0.05, 0) is 65.9 Å². The fourth-order valence-corrected chi connectivity index (χ4v) is 2.73. The van der Waals surface area contributed by atoms with E-state index in [1.165, 1.54) is 24.3 Å². The van der Waals surface area contributed by atoms with Crippen molar-refractivity contribution in [1.82, 2.24) is 0 Å². The zero-order valence-corrected chi connectivity index (χ0v) is 16.2. The third kappa shape index (κ3) is 4.77. The lowest BCUT2D eigenvalue weighted by molar-refractivity contribution is -0.112. The van der Waals surface area contributed by atoms with E-state index >= 15 is 0 Å². The number of methoxy groups -OCH3 is 1. The molecule has 0 heterocycles. The molecular formula is C22H22N2O4. The monoisotopic (exact) mass is 378 g/mol. The van der Waals surface area contributed by atoms with Crippen LogP contribution in [0.4, 0.5) is 5.69 Å². The Bertz CT molecular complexity index is 985. The summed E-state index contributed by atoms with van der Waals surface area (Å²) in [6.07, 6.45) is 1.52. The van der Waals surface area contributed by atoms with Gasteiger partial charge in [-0.2, -0.15) is 5.26 Å². The number of aryl methyl sites for hydroxylation is 1. The number of rotatable bonds is 6. The lowest BCUT2D eigenvalue weighted by atomic mass is 9.95.